The van der Waals surface area contributed by atoms with E-state index in [0.29, 0.717) is 17.2 Å². The molecule has 2 aromatic heterocycles. The van der Waals surface area contributed by atoms with Crippen molar-refractivity contribution in [1.29, 1.82) is 4.38 Å². The first-order valence-electron chi connectivity index (χ1n) is 17.4. The van der Waals surface area contributed by atoms with Crippen LogP contribution in [0.3, 0.4) is 0 Å². The summed E-state index contributed by atoms with van der Waals surface area (Å²) in [5.74, 6) is 7.97. The first-order valence-corrected chi connectivity index (χ1v) is 17.9. The molecule has 2 aliphatic rings. The molecule has 2 aromatic carbocycles. The van der Waals surface area contributed by atoms with E-state index in [1.54, 1.807) is 0 Å². The molecule has 0 aliphatic carbocycles. The molecule has 17 nitrogen and oxygen atoms in total. The topological polar surface area (TPSA) is 294 Å². The van der Waals surface area contributed by atoms with E-state index in [1.165, 1.54) is 32.8 Å². The Morgan fingerprint density at radius 3 is 1.38 bits per heavy atom. The summed E-state index contributed by atoms with van der Waals surface area (Å²) in [7, 11) is 1.31. The molecule has 301 valence electrons. The van der Waals surface area contributed by atoms with Gasteiger partial charge in [-0.15, -0.1) is 12.4 Å². The summed E-state index contributed by atoms with van der Waals surface area (Å²) in [4.78, 5) is 50.2. The third-order valence-corrected chi connectivity index (χ3v) is 8.53. The van der Waals surface area contributed by atoms with Crippen molar-refractivity contribution in [2.45, 2.75) is 51.4 Å². The van der Waals surface area contributed by atoms with Crippen molar-refractivity contribution < 1.29 is 30.1 Å². The molecule has 13 N–H and O–H groups in total. The van der Waals surface area contributed by atoms with Gasteiger partial charge in [-0.1, -0.05) is 86.3 Å². The fourth-order valence-electron chi connectivity index (χ4n) is 6.04. The van der Waals surface area contributed by atoms with Gasteiger partial charge in [-0.2, -0.15) is 4.99 Å². The number of ether oxygens (including phenoxy) is 1. The van der Waals surface area contributed by atoms with E-state index in [9.17, 15) is 9.59 Å². The normalized spacial score (nSPS) is 13.6. The number of hydrogen-bond donors (Lipinski definition) is 7. The number of halogens is 1. The number of amides is 1. The number of guanidine groups is 1. The Kier molecular flexibility index (Phi) is 20.2. The molecule has 0 unspecified atom stereocenters. The zero-order valence-corrected chi connectivity index (χ0v) is 32.5. The maximum absolute atomic E-state index is 12.3. The summed E-state index contributed by atoms with van der Waals surface area (Å²) in [6.07, 6.45) is 9.25. The number of rotatable bonds is 6. The van der Waals surface area contributed by atoms with Crippen LogP contribution in [0.25, 0.3) is 22.5 Å². The molecular formula is C36H51ClCuN14O3. The number of hydrazine groups is 1. The Morgan fingerprint density at radius 2 is 1.02 bits per heavy atom. The maximum atomic E-state index is 12.3. The molecule has 0 radical (unpaired) electrons. The van der Waals surface area contributed by atoms with E-state index >= 15 is 0 Å². The standard InChI is InChI=1S/C18H23N7O.C18H22N4O2.ClH.Cu.H4N2.HN/c19-15-14(17(26)24-18(20)21)22-13(12-8-4-3-5-9-12)16(23-15)25-10-6-1-2-7-11-25;1-24-18(23)15-16(19)21-17(22-11-7-2-3-8-12-22)14(20-15)13-9-5-4-6-10-13;;;1-2;/h3-5,8-9H,1-2,6-7,10-11H2,(H2,19,23)(H4,20,21,24,26);4-6,9-10H,2-3,7-8,11-12H2,1H3,(H2,19,21);1H;;1-2H2;1H. The van der Waals surface area contributed by atoms with Crippen LogP contribution in [0.2, 0.25) is 0 Å². The van der Waals surface area contributed by atoms with Gasteiger partial charge in [-0.05, 0) is 25.7 Å². The quantitative estimate of drug-likeness (QED) is 0.0362. The predicted octanol–water partition coefficient (Wildman–Crippen LogP) is 3.95. The van der Waals surface area contributed by atoms with Gasteiger partial charge in [-0.3, -0.25) is 16.5 Å². The van der Waals surface area contributed by atoms with Gasteiger partial charge < -0.3 is 37.5 Å². The van der Waals surface area contributed by atoms with Crippen molar-refractivity contribution in [1.82, 2.24) is 19.9 Å². The summed E-state index contributed by atoms with van der Waals surface area (Å²) in [5, 5.41) is 0. The Labute approximate surface area is 335 Å². The Hall–Kier alpha value is -5.26. The summed E-state index contributed by atoms with van der Waals surface area (Å²) >= 11 is 3.44. The molecule has 4 heterocycles. The number of nitrogens with two attached hydrogens (primary N) is 6. The number of esters is 1. The first kappa shape index (κ1) is 45.9. The molecule has 19 heteroatoms. The SMILES string of the molecule is COC(=O)c1nc(-c2ccccc2)c(N2CCCCCC2)nc1N.Cl.NC(N)=NC(=O)c1nc(-c2ccccc2)c(N2CCCCCC2)nc1N.NN.[NH]=[Cu]. The number of nitrogens with one attached hydrogen (secondary N) is 1. The monoisotopic (exact) mass is 825 g/mol. The molecule has 2 aliphatic heterocycles. The van der Waals surface area contributed by atoms with E-state index in [0.717, 1.165) is 68.8 Å². The van der Waals surface area contributed by atoms with E-state index < -0.39 is 11.9 Å². The number of aliphatic imine (C=N–C) groups is 1. The fourth-order valence-corrected chi connectivity index (χ4v) is 6.04. The van der Waals surface area contributed by atoms with Crippen LogP contribution in [0.1, 0.15) is 72.3 Å². The van der Waals surface area contributed by atoms with Crippen LogP contribution in [0.15, 0.2) is 65.7 Å². The number of methoxy groups -OCH3 is 1. The van der Waals surface area contributed by atoms with Crippen LogP contribution in [-0.2, 0) is 20.6 Å². The van der Waals surface area contributed by atoms with E-state index in [1.807, 2.05) is 60.7 Å². The van der Waals surface area contributed by atoms with Crippen LogP contribution in [0.5, 0.6) is 0 Å². The molecule has 0 atom stereocenters. The second kappa shape index (κ2) is 24.2. The molecule has 0 spiro atoms. The van der Waals surface area contributed by atoms with Crippen molar-refractivity contribution in [3.05, 3.63) is 72.1 Å². The summed E-state index contributed by atoms with van der Waals surface area (Å²) in [6, 6.07) is 19.4. The number of nitrogen functional groups attached to an aromatic ring is 2. The Bertz CT molecular complexity index is 1820. The van der Waals surface area contributed by atoms with E-state index in [-0.39, 0.29) is 41.4 Å². The average Bonchev–Trinajstić information content (AvgIpc) is 3.66. The van der Waals surface area contributed by atoms with Crippen LogP contribution in [0, 0.1) is 4.38 Å². The second-order valence-electron chi connectivity index (χ2n) is 12.1. The molecule has 2 fully saturated rings. The first-order chi connectivity index (χ1) is 26.3. The molecule has 2 saturated heterocycles. The molecule has 4 aromatic rings. The molecule has 55 heavy (non-hydrogen) atoms. The van der Waals surface area contributed by atoms with Crippen molar-refractivity contribution in [2.24, 2.45) is 28.1 Å². The van der Waals surface area contributed by atoms with Gasteiger partial charge in [0.2, 0.25) is 0 Å². The number of aromatic nitrogens is 4. The number of anilines is 4. The summed E-state index contributed by atoms with van der Waals surface area (Å²) in [5.41, 5.74) is 25.7. The minimum absolute atomic E-state index is 0. The fraction of sp³-hybridized carbons (Fsp3) is 0.361. The van der Waals surface area contributed by atoms with E-state index in [4.69, 9.17) is 32.1 Å². The van der Waals surface area contributed by atoms with E-state index in [2.05, 4.69) is 62.2 Å². The van der Waals surface area contributed by atoms with Crippen molar-refractivity contribution in [2.75, 3.05) is 54.6 Å². The molecule has 0 bridgehead atoms. The molecule has 0 saturated carbocycles. The van der Waals surface area contributed by atoms with Gasteiger partial charge >= 0.3 is 32.1 Å². The molecule has 1 amide bonds. The Balaban J connectivity index is 0.000000344. The molecule has 6 rings (SSSR count). The third-order valence-electron chi connectivity index (χ3n) is 8.53. The zero-order chi connectivity index (χ0) is 39.5. The van der Waals surface area contributed by atoms with Crippen molar-refractivity contribution >= 4 is 53.5 Å². The third kappa shape index (κ3) is 12.9. The number of carbonyl (C=O) groups excluding carboxylic acids is 2. The van der Waals surface area contributed by atoms with Gasteiger partial charge in [-0.25, -0.2) is 24.7 Å². The van der Waals surface area contributed by atoms with Crippen LogP contribution >= 0.6 is 12.4 Å². The Morgan fingerprint density at radius 1 is 0.655 bits per heavy atom. The summed E-state index contributed by atoms with van der Waals surface area (Å²) in [6.45, 7) is 3.61. The van der Waals surface area contributed by atoms with Crippen molar-refractivity contribution in [3.63, 3.8) is 0 Å². The predicted molar refractivity (Wildman–Crippen MR) is 215 cm³/mol. The van der Waals surface area contributed by atoms with Gasteiger partial charge in [0, 0.05) is 37.3 Å². The van der Waals surface area contributed by atoms with Gasteiger partial charge in [0.05, 0.1) is 7.11 Å². The van der Waals surface area contributed by atoms with Crippen LogP contribution < -0.4 is 44.4 Å². The average molecular weight is 827 g/mol. The zero-order valence-electron chi connectivity index (χ0n) is 30.8. The van der Waals surface area contributed by atoms with Gasteiger partial charge in [0.15, 0.2) is 40.6 Å². The number of benzene rings is 2. The van der Waals surface area contributed by atoms with Gasteiger partial charge in [0.1, 0.15) is 11.4 Å². The number of carbonyl (C=O) groups is 2. The number of hydrogen-bond acceptors (Lipinski definition) is 14. The number of nitrogens with zero attached hydrogens (tertiary/aromatic N) is 7. The van der Waals surface area contributed by atoms with Crippen molar-refractivity contribution in [3.8, 4) is 22.5 Å². The summed E-state index contributed by atoms with van der Waals surface area (Å²) < 4.78 is 10.1. The van der Waals surface area contributed by atoms with Crippen LogP contribution in [0.4, 0.5) is 23.3 Å². The van der Waals surface area contributed by atoms with Crippen LogP contribution in [-0.4, -0.2) is 71.1 Å². The molecular weight excluding hydrogens is 775 g/mol. The minimum atomic E-state index is -0.699. The second-order valence-corrected chi connectivity index (χ2v) is 12.1. The van der Waals surface area contributed by atoms with Gasteiger partial charge in [0.25, 0.3) is 0 Å².